The number of nitrogens with zero attached hydrogens (tertiary/aromatic N) is 1. The van der Waals surface area contributed by atoms with E-state index in [2.05, 4.69) is 6.92 Å². The molecule has 4 heteroatoms. The fourth-order valence-electron chi connectivity index (χ4n) is 2.62. The van der Waals surface area contributed by atoms with E-state index in [4.69, 9.17) is 4.74 Å². The van der Waals surface area contributed by atoms with Crippen LogP contribution < -0.4 is 0 Å². The summed E-state index contributed by atoms with van der Waals surface area (Å²) in [6.07, 6.45) is 6.59. The van der Waals surface area contributed by atoms with Gasteiger partial charge in [0.1, 0.15) is 6.10 Å². The Kier molecular flexibility index (Phi) is 5.75. The number of carbonyl (C=O) groups is 2. The van der Waals surface area contributed by atoms with E-state index in [-0.39, 0.29) is 11.9 Å². The molecule has 0 aromatic heterocycles. The number of hydrogen-bond donors (Lipinski definition) is 0. The number of ether oxygens (including phenoxy) is 1. The Bertz CT molecular complexity index is 539. The minimum absolute atomic E-state index is 0.299. The van der Waals surface area contributed by atoms with Gasteiger partial charge < -0.3 is 4.74 Å². The molecule has 0 aliphatic carbocycles. The molecule has 1 aliphatic heterocycles. The molecule has 0 bridgehead atoms. The predicted octanol–water partition coefficient (Wildman–Crippen LogP) is 4.23. The van der Waals surface area contributed by atoms with Gasteiger partial charge in [-0.1, -0.05) is 56.2 Å². The van der Waals surface area contributed by atoms with Gasteiger partial charge in [-0.25, -0.2) is 9.69 Å². The fourth-order valence-corrected chi connectivity index (χ4v) is 2.62. The van der Waals surface area contributed by atoms with Crippen molar-refractivity contribution in [3.63, 3.8) is 0 Å². The lowest BCUT2D eigenvalue weighted by Crippen LogP contribution is -2.36. The SMILES string of the molecule is CCCCC/C=C/C(=O)N1C(=O)O[C@@H](c2ccccc2)C1C. The van der Waals surface area contributed by atoms with Crippen LogP contribution in [0.4, 0.5) is 4.79 Å². The van der Waals surface area contributed by atoms with Gasteiger partial charge in [-0.15, -0.1) is 0 Å². The van der Waals surface area contributed by atoms with E-state index < -0.39 is 12.2 Å². The monoisotopic (exact) mass is 301 g/mol. The van der Waals surface area contributed by atoms with E-state index >= 15 is 0 Å². The third-order valence-corrected chi connectivity index (χ3v) is 3.87. The van der Waals surface area contributed by atoms with Crippen molar-refractivity contribution in [1.82, 2.24) is 4.90 Å². The number of cyclic esters (lactones) is 1. The van der Waals surface area contributed by atoms with Crippen LogP contribution in [0.25, 0.3) is 0 Å². The maximum atomic E-state index is 12.2. The third kappa shape index (κ3) is 3.75. The number of carbonyl (C=O) groups excluding carboxylic acids is 2. The molecule has 2 rings (SSSR count). The first-order chi connectivity index (χ1) is 10.6. The van der Waals surface area contributed by atoms with Crippen molar-refractivity contribution in [3.05, 3.63) is 48.0 Å². The first-order valence-electron chi connectivity index (χ1n) is 7.90. The van der Waals surface area contributed by atoms with Crippen molar-refractivity contribution in [2.45, 2.75) is 51.7 Å². The van der Waals surface area contributed by atoms with Gasteiger partial charge >= 0.3 is 6.09 Å². The second-order valence-electron chi connectivity index (χ2n) is 5.56. The van der Waals surface area contributed by atoms with E-state index in [0.717, 1.165) is 31.2 Å². The number of imide groups is 1. The van der Waals surface area contributed by atoms with E-state index in [1.54, 1.807) is 0 Å². The van der Waals surface area contributed by atoms with Crippen LogP contribution in [0, 0.1) is 0 Å². The molecule has 0 N–H and O–H groups in total. The van der Waals surface area contributed by atoms with Gasteiger partial charge in [0, 0.05) is 0 Å². The maximum Gasteiger partial charge on any atom is 0.417 e. The van der Waals surface area contributed by atoms with Crippen molar-refractivity contribution in [2.75, 3.05) is 0 Å². The maximum absolute atomic E-state index is 12.2. The average molecular weight is 301 g/mol. The van der Waals surface area contributed by atoms with Crippen LogP contribution in [0.2, 0.25) is 0 Å². The lowest BCUT2D eigenvalue weighted by molar-refractivity contribution is -0.124. The largest absolute Gasteiger partial charge is 0.439 e. The minimum atomic E-state index is -0.565. The van der Waals surface area contributed by atoms with Crippen LogP contribution in [-0.2, 0) is 9.53 Å². The van der Waals surface area contributed by atoms with E-state index in [1.807, 2.05) is 43.3 Å². The van der Waals surface area contributed by atoms with Crippen LogP contribution in [0.3, 0.4) is 0 Å². The molecule has 22 heavy (non-hydrogen) atoms. The van der Waals surface area contributed by atoms with E-state index in [0.29, 0.717) is 0 Å². The Morgan fingerprint density at radius 2 is 2.00 bits per heavy atom. The molecule has 0 radical (unpaired) electrons. The Morgan fingerprint density at radius 3 is 2.68 bits per heavy atom. The summed E-state index contributed by atoms with van der Waals surface area (Å²) in [7, 11) is 0. The summed E-state index contributed by atoms with van der Waals surface area (Å²) < 4.78 is 5.37. The number of hydrogen-bond acceptors (Lipinski definition) is 3. The summed E-state index contributed by atoms with van der Waals surface area (Å²) in [5, 5.41) is 0. The lowest BCUT2D eigenvalue weighted by atomic mass is 10.0. The highest BCUT2D eigenvalue weighted by Gasteiger charge is 2.42. The number of rotatable bonds is 6. The van der Waals surface area contributed by atoms with Crippen molar-refractivity contribution in [1.29, 1.82) is 0 Å². The number of unbranched alkanes of at least 4 members (excludes halogenated alkanes) is 3. The molecular formula is C18H23NO3. The summed E-state index contributed by atoms with van der Waals surface area (Å²) in [4.78, 5) is 25.4. The van der Waals surface area contributed by atoms with Crippen molar-refractivity contribution >= 4 is 12.0 Å². The Morgan fingerprint density at radius 1 is 1.27 bits per heavy atom. The number of benzene rings is 1. The molecule has 118 valence electrons. The quantitative estimate of drug-likeness (QED) is 0.583. The Balaban J connectivity index is 1.99. The van der Waals surface area contributed by atoms with Gasteiger partial charge in [-0.2, -0.15) is 0 Å². The van der Waals surface area contributed by atoms with Crippen molar-refractivity contribution in [2.24, 2.45) is 0 Å². The first-order valence-corrected chi connectivity index (χ1v) is 7.90. The summed E-state index contributed by atoms with van der Waals surface area (Å²) >= 11 is 0. The number of amides is 2. The molecule has 0 saturated carbocycles. The van der Waals surface area contributed by atoms with Gasteiger partial charge in [-0.3, -0.25) is 4.79 Å². The minimum Gasteiger partial charge on any atom is -0.439 e. The number of allylic oxidation sites excluding steroid dienone is 1. The van der Waals surface area contributed by atoms with Crippen LogP contribution in [0.1, 0.15) is 51.2 Å². The topological polar surface area (TPSA) is 46.6 Å². The zero-order valence-electron chi connectivity index (χ0n) is 13.2. The smallest absolute Gasteiger partial charge is 0.417 e. The standard InChI is InChI=1S/C18H23NO3/c1-3-4-5-6-10-13-16(20)19-14(2)17(22-18(19)21)15-11-8-7-9-12-15/h7-14,17H,3-6H2,1-2H3/b13-10+/t14?,17-/m1/s1. The second-order valence-corrected chi connectivity index (χ2v) is 5.56. The molecular weight excluding hydrogens is 278 g/mol. The Hall–Kier alpha value is -2.10. The molecule has 1 aliphatic rings. The summed E-state index contributed by atoms with van der Waals surface area (Å²) in [6.45, 7) is 3.98. The van der Waals surface area contributed by atoms with Gasteiger partial charge in [-0.05, 0) is 31.4 Å². The zero-order chi connectivity index (χ0) is 15.9. The van der Waals surface area contributed by atoms with Gasteiger partial charge in [0.15, 0.2) is 0 Å². The normalized spacial score (nSPS) is 21.4. The zero-order valence-corrected chi connectivity index (χ0v) is 13.2. The van der Waals surface area contributed by atoms with Gasteiger partial charge in [0.2, 0.25) is 0 Å². The first kappa shape index (κ1) is 16.3. The molecule has 1 unspecified atom stereocenters. The highest BCUT2D eigenvalue weighted by Crippen LogP contribution is 2.32. The third-order valence-electron chi connectivity index (χ3n) is 3.87. The highest BCUT2D eigenvalue weighted by atomic mass is 16.6. The van der Waals surface area contributed by atoms with Crippen LogP contribution >= 0.6 is 0 Å². The fraction of sp³-hybridized carbons (Fsp3) is 0.444. The predicted molar refractivity (Wildman–Crippen MR) is 85.3 cm³/mol. The summed E-state index contributed by atoms with van der Waals surface area (Å²) in [5.74, 6) is -0.299. The molecule has 1 fully saturated rings. The Labute approximate surface area is 131 Å². The van der Waals surface area contributed by atoms with Crippen molar-refractivity contribution < 1.29 is 14.3 Å². The van der Waals surface area contributed by atoms with Crippen LogP contribution in [0.5, 0.6) is 0 Å². The van der Waals surface area contributed by atoms with Crippen LogP contribution in [-0.4, -0.2) is 22.9 Å². The van der Waals surface area contributed by atoms with Gasteiger partial charge in [0.05, 0.1) is 6.04 Å². The van der Waals surface area contributed by atoms with Gasteiger partial charge in [0.25, 0.3) is 5.91 Å². The average Bonchev–Trinajstić information content (AvgIpc) is 2.82. The lowest BCUT2D eigenvalue weighted by Gasteiger charge is -2.17. The molecule has 4 nitrogen and oxygen atoms in total. The molecule has 1 saturated heterocycles. The van der Waals surface area contributed by atoms with E-state index in [1.165, 1.54) is 11.0 Å². The molecule has 1 aromatic carbocycles. The summed E-state index contributed by atoms with van der Waals surface area (Å²) in [6, 6.07) is 9.21. The highest BCUT2D eigenvalue weighted by molar-refractivity contribution is 6.00. The second kappa shape index (κ2) is 7.78. The van der Waals surface area contributed by atoms with E-state index in [9.17, 15) is 9.59 Å². The molecule has 1 aromatic rings. The molecule has 2 atom stereocenters. The van der Waals surface area contributed by atoms with Crippen LogP contribution in [0.15, 0.2) is 42.5 Å². The van der Waals surface area contributed by atoms with Crippen molar-refractivity contribution in [3.8, 4) is 0 Å². The molecule has 1 heterocycles. The molecule has 2 amide bonds. The molecule has 0 spiro atoms. The summed E-state index contributed by atoms with van der Waals surface area (Å²) in [5.41, 5.74) is 0.908.